The van der Waals surface area contributed by atoms with Gasteiger partial charge in [-0.15, -0.1) is 11.3 Å². The SMILES string of the molecule is CCOC(C(=O)CCc1cccs1)C1CC1. The van der Waals surface area contributed by atoms with Crippen LogP contribution in [-0.2, 0) is 16.0 Å². The molecule has 3 heteroatoms. The summed E-state index contributed by atoms with van der Waals surface area (Å²) in [5.74, 6) is 0.800. The van der Waals surface area contributed by atoms with E-state index in [9.17, 15) is 4.79 Å². The number of ketones is 1. The molecule has 1 saturated carbocycles. The Morgan fingerprint density at radius 3 is 3.00 bits per heavy atom. The van der Waals surface area contributed by atoms with E-state index in [-0.39, 0.29) is 11.9 Å². The quantitative estimate of drug-likeness (QED) is 0.729. The molecule has 1 aliphatic carbocycles. The summed E-state index contributed by atoms with van der Waals surface area (Å²) in [7, 11) is 0. The number of ether oxygens (including phenoxy) is 1. The van der Waals surface area contributed by atoms with Gasteiger partial charge >= 0.3 is 0 Å². The van der Waals surface area contributed by atoms with E-state index in [1.54, 1.807) is 11.3 Å². The van der Waals surface area contributed by atoms with Crippen LogP contribution in [-0.4, -0.2) is 18.5 Å². The molecule has 0 saturated heterocycles. The maximum atomic E-state index is 12.0. The molecule has 0 bridgehead atoms. The van der Waals surface area contributed by atoms with Crippen LogP contribution in [0.4, 0.5) is 0 Å². The Morgan fingerprint density at radius 1 is 1.62 bits per heavy atom. The van der Waals surface area contributed by atoms with Crippen molar-refractivity contribution >= 4 is 17.1 Å². The highest BCUT2D eigenvalue weighted by atomic mass is 32.1. The maximum absolute atomic E-state index is 12.0. The van der Waals surface area contributed by atoms with Crippen molar-refractivity contribution in [1.82, 2.24) is 0 Å². The zero-order chi connectivity index (χ0) is 11.4. The first kappa shape index (κ1) is 11.8. The van der Waals surface area contributed by atoms with Gasteiger partial charge in [-0.05, 0) is 43.6 Å². The molecule has 1 fully saturated rings. The average Bonchev–Trinajstić information content (AvgIpc) is 2.99. The molecule has 0 amide bonds. The number of carbonyl (C=O) groups is 1. The zero-order valence-electron chi connectivity index (χ0n) is 9.65. The summed E-state index contributed by atoms with van der Waals surface area (Å²) < 4.78 is 5.55. The summed E-state index contributed by atoms with van der Waals surface area (Å²) in [5.41, 5.74) is 0. The molecule has 88 valence electrons. The van der Waals surface area contributed by atoms with Crippen molar-refractivity contribution in [1.29, 1.82) is 0 Å². The van der Waals surface area contributed by atoms with Crippen molar-refractivity contribution in [2.24, 2.45) is 5.92 Å². The van der Waals surface area contributed by atoms with Gasteiger partial charge in [0, 0.05) is 17.9 Å². The molecule has 0 aliphatic heterocycles. The van der Waals surface area contributed by atoms with E-state index in [1.807, 2.05) is 13.0 Å². The number of carbonyl (C=O) groups excluding carboxylic acids is 1. The fraction of sp³-hybridized carbons (Fsp3) is 0.615. The highest BCUT2D eigenvalue weighted by Crippen LogP contribution is 2.35. The minimum atomic E-state index is -0.120. The molecule has 1 aromatic heterocycles. The van der Waals surface area contributed by atoms with E-state index < -0.39 is 0 Å². The van der Waals surface area contributed by atoms with Crippen LogP contribution in [0.15, 0.2) is 17.5 Å². The van der Waals surface area contributed by atoms with E-state index in [0.717, 1.165) is 19.3 Å². The van der Waals surface area contributed by atoms with E-state index in [1.165, 1.54) is 4.88 Å². The summed E-state index contributed by atoms with van der Waals surface area (Å²) in [5, 5.41) is 2.06. The Kier molecular flexibility index (Phi) is 4.13. The predicted molar refractivity (Wildman–Crippen MR) is 65.8 cm³/mol. The molecule has 2 rings (SSSR count). The number of aryl methyl sites for hydroxylation is 1. The first-order valence-corrected chi connectivity index (χ1v) is 6.86. The minimum absolute atomic E-state index is 0.120. The van der Waals surface area contributed by atoms with Crippen molar-refractivity contribution in [3.8, 4) is 0 Å². The molecule has 0 aromatic carbocycles. The third kappa shape index (κ3) is 3.16. The van der Waals surface area contributed by atoms with Gasteiger partial charge in [0.2, 0.25) is 0 Å². The lowest BCUT2D eigenvalue weighted by Gasteiger charge is -2.14. The van der Waals surface area contributed by atoms with E-state index in [0.29, 0.717) is 18.9 Å². The van der Waals surface area contributed by atoms with Crippen LogP contribution in [0.1, 0.15) is 31.1 Å². The second-order valence-electron chi connectivity index (χ2n) is 4.26. The van der Waals surface area contributed by atoms with Crippen LogP contribution in [0.3, 0.4) is 0 Å². The van der Waals surface area contributed by atoms with Crippen molar-refractivity contribution in [2.45, 2.75) is 38.7 Å². The molecular weight excluding hydrogens is 220 g/mol. The smallest absolute Gasteiger partial charge is 0.162 e. The Morgan fingerprint density at radius 2 is 2.44 bits per heavy atom. The molecular formula is C13H18O2S. The standard InChI is InChI=1S/C13H18O2S/c1-2-15-13(10-5-6-10)12(14)8-7-11-4-3-9-16-11/h3-4,9-10,13H,2,5-8H2,1H3. The molecule has 0 spiro atoms. The van der Waals surface area contributed by atoms with Crippen LogP contribution in [0.25, 0.3) is 0 Å². The molecule has 1 aliphatic rings. The van der Waals surface area contributed by atoms with Crippen LogP contribution >= 0.6 is 11.3 Å². The first-order valence-electron chi connectivity index (χ1n) is 5.98. The fourth-order valence-electron chi connectivity index (χ4n) is 1.91. The van der Waals surface area contributed by atoms with Gasteiger partial charge in [-0.25, -0.2) is 0 Å². The van der Waals surface area contributed by atoms with Gasteiger partial charge in [0.1, 0.15) is 6.10 Å². The van der Waals surface area contributed by atoms with Gasteiger partial charge in [-0.2, -0.15) is 0 Å². The summed E-state index contributed by atoms with van der Waals surface area (Å²) in [4.78, 5) is 13.3. The van der Waals surface area contributed by atoms with Crippen molar-refractivity contribution in [3.05, 3.63) is 22.4 Å². The molecule has 0 radical (unpaired) electrons. The Balaban J connectivity index is 1.81. The van der Waals surface area contributed by atoms with Gasteiger partial charge in [0.25, 0.3) is 0 Å². The molecule has 0 N–H and O–H groups in total. The predicted octanol–water partition coefficient (Wildman–Crippen LogP) is 3.06. The van der Waals surface area contributed by atoms with Crippen molar-refractivity contribution in [2.75, 3.05) is 6.61 Å². The zero-order valence-corrected chi connectivity index (χ0v) is 10.5. The monoisotopic (exact) mass is 238 g/mol. The van der Waals surface area contributed by atoms with Crippen LogP contribution in [0, 0.1) is 5.92 Å². The normalized spacial score (nSPS) is 17.3. The Hall–Kier alpha value is -0.670. The minimum Gasteiger partial charge on any atom is -0.370 e. The summed E-state index contributed by atoms with van der Waals surface area (Å²) in [6.45, 7) is 2.60. The van der Waals surface area contributed by atoms with E-state index in [2.05, 4.69) is 11.4 Å². The molecule has 2 nitrogen and oxygen atoms in total. The highest BCUT2D eigenvalue weighted by Gasteiger charge is 2.36. The second-order valence-corrected chi connectivity index (χ2v) is 5.29. The van der Waals surface area contributed by atoms with Gasteiger partial charge in [-0.1, -0.05) is 6.07 Å². The van der Waals surface area contributed by atoms with E-state index in [4.69, 9.17) is 4.74 Å². The van der Waals surface area contributed by atoms with E-state index >= 15 is 0 Å². The van der Waals surface area contributed by atoms with Gasteiger partial charge in [-0.3, -0.25) is 4.79 Å². The summed E-state index contributed by atoms with van der Waals surface area (Å²) >= 11 is 1.72. The first-order chi connectivity index (χ1) is 7.81. The highest BCUT2D eigenvalue weighted by molar-refractivity contribution is 7.09. The largest absolute Gasteiger partial charge is 0.370 e. The molecule has 1 atom stereocenters. The van der Waals surface area contributed by atoms with Gasteiger partial charge in [0.05, 0.1) is 0 Å². The maximum Gasteiger partial charge on any atom is 0.162 e. The molecule has 1 aromatic rings. The van der Waals surface area contributed by atoms with Gasteiger partial charge < -0.3 is 4.74 Å². The Bertz CT molecular complexity index is 328. The average molecular weight is 238 g/mol. The van der Waals surface area contributed by atoms with Crippen LogP contribution in [0.2, 0.25) is 0 Å². The lowest BCUT2D eigenvalue weighted by atomic mass is 10.1. The third-order valence-corrected chi connectivity index (χ3v) is 3.85. The number of hydrogen-bond donors (Lipinski definition) is 0. The molecule has 16 heavy (non-hydrogen) atoms. The molecule has 1 heterocycles. The fourth-order valence-corrected chi connectivity index (χ4v) is 2.62. The summed E-state index contributed by atoms with van der Waals surface area (Å²) in [6, 6.07) is 4.12. The number of hydrogen-bond acceptors (Lipinski definition) is 3. The van der Waals surface area contributed by atoms with Crippen LogP contribution < -0.4 is 0 Å². The van der Waals surface area contributed by atoms with Crippen molar-refractivity contribution in [3.63, 3.8) is 0 Å². The number of rotatable bonds is 7. The second kappa shape index (κ2) is 5.60. The lowest BCUT2D eigenvalue weighted by molar-refractivity contribution is -0.131. The van der Waals surface area contributed by atoms with Crippen LogP contribution in [0.5, 0.6) is 0 Å². The van der Waals surface area contributed by atoms with Gasteiger partial charge in [0.15, 0.2) is 5.78 Å². The lowest BCUT2D eigenvalue weighted by Crippen LogP contribution is -2.26. The summed E-state index contributed by atoms with van der Waals surface area (Å²) in [6.07, 6.45) is 3.70. The number of thiophene rings is 1. The number of Topliss-reactive ketones (excluding diaryl/α,β-unsaturated/α-hetero) is 1. The Labute approximate surface area is 101 Å². The molecule has 1 unspecified atom stereocenters. The van der Waals surface area contributed by atoms with Crippen molar-refractivity contribution < 1.29 is 9.53 Å². The topological polar surface area (TPSA) is 26.3 Å². The third-order valence-electron chi connectivity index (χ3n) is 2.91.